The molecule has 45 heavy (non-hydrogen) atoms. The molecule has 1 aromatic heterocycles. The number of fused-ring (bicyclic) bond motifs is 1. The van der Waals surface area contributed by atoms with Gasteiger partial charge >= 0.3 is 17.9 Å². The molecule has 4 rings (SSSR count). The van der Waals surface area contributed by atoms with E-state index >= 15 is 0 Å². The summed E-state index contributed by atoms with van der Waals surface area (Å²) in [7, 11) is 4.87. The minimum Gasteiger partial charge on any atom is -0.493 e. The molecular formula is C31H39FN2O11. The summed E-state index contributed by atoms with van der Waals surface area (Å²) in [6.45, 7) is 4.96. The van der Waals surface area contributed by atoms with Gasteiger partial charge in [0.25, 0.3) is 0 Å². The standard InChI is InChI=1S/C25H31FN2O4.C6H8O7/c1-16-20-12-18(26)8-9-21(20)27-22(16)15-28(14-19-6-5-11-32-19)13-17-7-10-23(29-2)25(31-4)24(17)30-3;7-3(8)1-6(13,5(11)12)2-4(9)10/h7-10,12,19,27H,5-6,11,13-15H2,1-4H3;13H,1-2H2,(H,7,8)(H,9,10)(H,11,12). The van der Waals surface area contributed by atoms with Gasteiger partial charge in [-0.1, -0.05) is 6.07 Å². The Morgan fingerprint density at radius 3 is 2.20 bits per heavy atom. The van der Waals surface area contributed by atoms with Crippen molar-refractivity contribution in [3.05, 3.63) is 53.0 Å². The molecule has 13 nitrogen and oxygen atoms in total. The number of benzene rings is 2. The molecule has 0 aliphatic carbocycles. The van der Waals surface area contributed by atoms with Crippen LogP contribution in [0.5, 0.6) is 17.2 Å². The van der Waals surface area contributed by atoms with Crippen LogP contribution in [0.4, 0.5) is 4.39 Å². The van der Waals surface area contributed by atoms with E-state index in [4.69, 9.17) is 39.4 Å². The van der Waals surface area contributed by atoms with Gasteiger partial charge in [0.2, 0.25) is 5.75 Å². The fourth-order valence-corrected chi connectivity index (χ4v) is 5.24. The number of aliphatic hydroxyl groups is 1. The Labute approximate surface area is 259 Å². The largest absolute Gasteiger partial charge is 0.493 e. The van der Waals surface area contributed by atoms with Crippen molar-refractivity contribution in [2.75, 3.05) is 34.5 Å². The van der Waals surface area contributed by atoms with Gasteiger partial charge in [0, 0.05) is 48.4 Å². The fraction of sp³-hybridized carbons (Fsp3) is 0.452. The minimum absolute atomic E-state index is 0.197. The van der Waals surface area contributed by atoms with Crippen molar-refractivity contribution in [3.63, 3.8) is 0 Å². The number of methoxy groups -OCH3 is 3. The lowest BCUT2D eigenvalue weighted by molar-refractivity contribution is -0.170. The molecule has 0 radical (unpaired) electrons. The first-order valence-corrected chi connectivity index (χ1v) is 14.1. The third-order valence-corrected chi connectivity index (χ3v) is 7.46. The van der Waals surface area contributed by atoms with Crippen LogP contribution >= 0.6 is 0 Å². The topological polar surface area (TPSA) is 188 Å². The van der Waals surface area contributed by atoms with E-state index in [1.807, 2.05) is 19.1 Å². The highest BCUT2D eigenvalue weighted by Gasteiger charge is 2.40. The number of halogens is 1. The zero-order valence-electron chi connectivity index (χ0n) is 25.6. The van der Waals surface area contributed by atoms with E-state index in [2.05, 4.69) is 9.88 Å². The molecule has 3 aromatic rings. The Bertz CT molecular complexity index is 1480. The van der Waals surface area contributed by atoms with Gasteiger partial charge in [0.05, 0.1) is 40.3 Å². The summed E-state index contributed by atoms with van der Waals surface area (Å²) < 4.78 is 36.4. The summed E-state index contributed by atoms with van der Waals surface area (Å²) >= 11 is 0. The number of hydrogen-bond acceptors (Lipinski definition) is 9. The summed E-state index contributed by atoms with van der Waals surface area (Å²) in [6.07, 6.45) is 0.0473. The third-order valence-electron chi connectivity index (χ3n) is 7.46. The third kappa shape index (κ3) is 9.06. The molecule has 14 heteroatoms. The van der Waals surface area contributed by atoms with E-state index in [-0.39, 0.29) is 11.9 Å². The number of nitrogens with zero attached hydrogens (tertiary/aromatic N) is 1. The highest BCUT2D eigenvalue weighted by atomic mass is 19.1. The van der Waals surface area contributed by atoms with E-state index in [9.17, 15) is 18.8 Å². The second-order valence-electron chi connectivity index (χ2n) is 10.7. The molecule has 1 aliphatic rings. The van der Waals surface area contributed by atoms with Crippen LogP contribution in [0.1, 0.15) is 42.5 Å². The highest BCUT2D eigenvalue weighted by Crippen LogP contribution is 2.40. The van der Waals surface area contributed by atoms with Gasteiger partial charge in [-0.3, -0.25) is 14.5 Å². The van der Waals surface area contributed by atoms with Crippen LogP contribution in [0.2, 0.25) is 0 Å². The first kappa shape index (κ1) is 35.1. The number of carboxylic acid groups (broad SMARTS) is 3. The number of aromatic nitrogens is 1. The molecule has 0 saturated carbocycles. The van der Waals surface area contributed by atoms with Crippen LogP contribution in [-0.4, -0.2) is 94.4 Å². The van der Waals surface area contributed by atoms with Crippen molar-refractivity contribution in [1.29, 1.82) is 0 Å². The molecule has 1 unspecified atom stereocenters. The summed E-state index contributed by atoms with van der Waals surface area (Å²) in [6, 6.07) is 8.78. The van der Waals surface area contributed by atoms with Gasteiger partial charge in [0.15, 0.2) is 17.1 Å². The summed E-state index contributed by atoms with van der Waals surface area (Å²) in [5.41, 5.74) is 1.35. The van der Waals surface area contributed by atoms with E-state index in [0.717, 1.165) is 53.7 Å². The van der Waals surface area contributed by atoms with Gasteiger partial charge in [-0.15, -0.1) is 0 Å². The summed E-state index contributed by atoms with van der Waals surface area (Å²) in [5.74, 6) is -3.36. The Balaban J connectivity index is 0.000000360. The average molecular weight is 635 g/mol. The zero-order valence-corrected chi connectivity index (χ0v) is 25.6. The van der Waals surface area contributed by atoms with Crippen molar-refractivity contribution in [2.45, 2.75) is 57.4 Å². The summed E-state index contributed by atoms with van der Waals surface area (Å²) in [5, 5.41) is 34.7. The Hall–Kier alpha value is -4.40. The Morgan fingerprint density at radius 2 is 1.67 bits per heavy atom. The van der Waals surface area contributed by atoms with Crippen molar-refractivity contribution in [2.24, 2.45) is 0 Å². The normalized spacial score (nSPS) is 14.6. The Kier molecular flexibility index (Phi) is 12.1. The van der Waals surface area contributed by atoms with E-state index in [1.165, 1.54) is 6.07 Å². The number of carboxylic acids is 3. The van der Waals surface area contributed by atoms with Gasteiger partial charge < -0.3 is 44.4 Å². The quantitative estimate of drug-likeness (QED) is 0.174. The van der Waals surface area contributed by atoms with Crippen LogP contribution in [0, 0.1) is 12.7 Å². The predicted molar refractivity (Wildman–Crippen MR) is 159 cm³/mol. The lowest BCUT2D eigenvalue weighted by atomic mass is 9.96. The SMILES string of the molecule is COc1ccc(CN(Cc2[nH]c3ccc(F)cc3c2C)CC2CCCO2)c(OC)c1OC.O=C(O)CC(O)(CC(=O)O)C(=O)O. The number of aromatic amines is 1. The smallest absolute Gasteiger partial charge is 0.336 e. The molecule has 2 heterocycles. The van der Waals surface area contributed by atoms with E-state index < -0.39 is 36.4 Å². The van der Waals surface area contributed by atoms with Gasteiger partial charge in [-0.2, -0.15) is 0 Å². The number of ether oxygens (including phenoxy) is 4. The van der Waals surface area contributed by atoms with E-state index in [1.54, 1.807) is 33.5 Å². The Morgan fingerprint density at radius 1 is 1.00 bits per heavy atom. The van der Waals surface area contributed by atoms with Crippen molar-refractivity contribution in [1.82, 2.24) is 9.88 Å². The molecule has 1 fully saturated rings. The maximum Gasteiger partial charge on any atom is 0.336 e. The number of nitrogens with one attached hydrogen (secondary N) is 1. The second kappa shape index (κ2) is 15.5. The van der Waals surface area contributed by atoms with Crippen LogP contribution in [0.15, 0.2) is 30.3 Å². The molecule has 5 N–H and O–H groups in total. The number of aliphatic carboxylic acids is 3. The highest BCUT2D eigenvalue weighted by molar-refractivity contribution is 5.88. The molecule has 246 valence electrons. The molecule has 0 bridgehead atoms. The van der Waals surface area contributed by atoms with Crippen LogP contribution in [-0.2, 0) is 32.2 Å². The first-order valence-electron chi connectivity index (χ1n) is 14.1. The minimum atomic E-state index is -2.74. The molecule has 1 aliphatic heterocycles. The molecule has 1 saturated heterocycles. The van der Waals surface area contributed by atoms with Crippen LogP contribution in [0.25, 0.3) is 10.9 Å². The summed E-state index contributed by atoms with van der Waals surface area (Å²) in [4.78, 5) is 36.3. The lowest BCUT2D eigenvalue weighted by Gasteiger charge is -2.26. The molecule has 1 atom stereocenters. The van der Waals surface area contributed by atoms with Crippen molar-refractivity contribution < 1.29 is 58.1 Å². The maximum absolute atomic E-state index is 13.8. The predicted octanol–water partition coefficient (Wildman–Crippen LogP) is 3.57. The monoisotopic (exact) mass is 634 g/mol. The van der Waals surface area contributed by atoms with Crippen LogP contribution in [0.3, 0.4) is 0 Å². The van der Waals surface area contributed by atoms with Gasteiger partial charge in [-0.25, -0.2) is 9.18 Å². The number of hydrogen-bond donors (Lipinski definition) is 5. The second-order valence-corrected chi connectivity index (χ2v) is 10.7. The number of rotatable bonds is 14. The molecular weight excluding hydrogens is 595 g/mol. The molecule has 2 aromatic carbocycles. The van der Waals surface area contributed by atoms with Gasteiger partial charge in [0.1, 0.15) is 5.82 Å². The molecule has 0 spiro atoms. The van der Waals surface area contributed by atoms with Crippen LogP contribution < -0.4 is 14.2 Å². The van der Waals surface area contributed by atoms with Crippen molar-refractivity contribution >= 4 is 28.8 Å². The van der Waals surface area contributed by atoms with Gasteiger partial charge in [-0.05, 0) is 49.6 Å². The fourth-order valence-electron chi connectivity index (χ4n) is 5.24. The number of H-pyrrole nitrogens is 1. The molecule has 0 amide bonds. The number of carbonyl (C=O) groups is 3. The zero-order chi connectivity index (χ0) is 33.3. The lowest BCUT2D eigenvalue weighted by Crippen LogP contribution is -2.42. The maximum atomic E-state index is 13.8. The first-order chi connectivity index (χ1) is 21.3. The number of aryl methyl sites for hydroxylation is 1. The average Bonchev–Trinajstić information content (AvgIpc) is 3.59. The van der Waals surface area contributed by atoms with E-state index in [0.29, 0.717) is 30.3 Å². The van der Waals surface area contributed by atoms with Crippen molar-refractivity contribution in [3.8, 4) is 17.2 Å².